The SMILES string of the molecule is COc1ccc(Cl)cc1NC(=S)NCCc1c[nH]c2ccc(Cl)cc12. The fourth-order valence-corrected chi connectivity index (χ4v) is 3.17. The fourth-order valence-electron chi connectivity index (χ4n) is 2.61. The molecule has 0 aliphatic rings. The summed E-state index contributed by atoms with van der Waals surface area (Å²) in [5, 5.41) is 9.29. The maximum atomic E-state index is 6.08. The van der Waals surface area contributed by atoms with E-state index in [1.165, 1.54) is 5.56 Å². The summed E-state index contributed by atoms with van der Waals surface area (Å²) in [5.74, 6) is 0.680. The number of nitrogens with one attached hydrogen (secondary N) is 3. The highest BCUT2D eigenvalue weighted by Gasteiger charge is 2.07. The molecule has 0 bridgehead atoms. The molecule has 7 heteroatoms. The molecule has 0 saturated heterocycles. The molecule has 0 radical (unpaired) electrons. The third kappa shape index (κ3) is 4.37. The van der Waals surface area contributed by atoms with Crippen LogP contribution in [-0.2, 0) is 6.42 Å². The van der Waals surface area contributed by atoms with Crippen LogP contribution in [0.1, 0.15) is 5.56 Å². The molecule has 0 saturated carbocycles. The van der Waals surface area contributed by atoms with Crippen molar-refractivity contribution in [1.82, 2.24) is 10.3 Å². The number of anilines is 1. The van der Waals surface area contributed by atoms with Gasteiger partial charge in [0.15, 0.2) is 5.11 Å². The predicted molar refractivity (Wildman–Crippen MR) is 109 cm³/mol. The second kappa shape index (κ2) is 7.95. The minimum Gasteiger partial charge on any atom is -0.495 e. The van der Waals surface area contributed by atoms with Gasteiger partial charge in [0.2, 0.25) is 0 Å². The van der Waals surface area contributed by atoms with E-state index >= 15 is 0 Å². The van der Waals surface area contributed by atoms with E-state index in [4.69, 9.17) is 40.2 Å². The molecule has 3 aromatic rings. The van der Waals surface area contributed by atoms with Gasteiger partial charge in [-0.2, -0.15) is 0 Å². The van der Waals surface area contributed by atoms with Crippen molar-refractivity contribution in [3.05, 3.63) is 58.2 Å². The van der Waals surface area contributed by atoms with Crippen LogP contribution < -0.4 is 15.4 Å². The maximum absolute atomic E-state index is 6.08. The molecule has 2 aromatic carbocycles. The summed E-state index contributed by atoms with van der Waals surface area (Å²) >= 11 is 17.5. The number of benzene rings is 2. The molecular weight excluding hydrogens is 377 g/mol. The van der Waals surface area contributed by atoms with Crippen LogP contribution >= 0.6 is 35.4 Å². The highest BCUT2D eigenvalue weighted by Crippen LogP contribution is 2.27. The molecule has 130 valence electrons. The van der Waals surface area contributed by atoms with Crippen molar-refractivity contribution in [3.63, 3.8) is 0 Å². The van der Waals surface area contributed by atoms with Crippen molar-refractivity contribution in [2.24, 2.45) is 0 Å². The van der Waals surface area contributed by atoms with Gasteiger partial charge in [-0.1, -0.05) is 23.2 Å². The van der Waals surface area contributed by atoms with Gasteiger partial charge < -0.3 is 20.4 Å². The van der Waals surface area contributed by atoms with Gasteiger partial charge in [0.1, 0.15) is 5.75 Å². The molecule has 0 atom stereocenters. The van der Waals surface area contributed by atoms with Crippen LogP contribution in [-0.4, -0.2) is 23.8 Å². The van der Waals surface area contributed by atoms with E-state index in [1.54, 1.807) is 25.3 Å². The molecule has 0 unspecified atom stereocenters. The molecule has 0 aliphatic carbocycles. The van der Waals surface area contributed by atoms with Crippen LogP contribution in [0.2, 0.25) is 10.0 Å². The molecule has 0 amide bonds. The van der Waals surface area contributed by atoms with E-state index in [0.717, 1.165) is 28.0 Å². The number of fused-ring (bicyclic) bond motifs is 1. The molecule has 1 heterocycles. The first kappa shape index (κ1) is 17.9. The Hall–Kier alpha value is -1.95. The molecule has 0 spiro atoms. The monoisotopic (exact) mass is 393 g/mol. The molecule has 3 rings (SSSR count). The zero-order valence-electron chi connectivity index (χ0n) is 13.5. The van der Waals surface area contributed by atoms with Gasteiger partial charge in [0.25, 0.3) is 0 Å². The molecule has 25 heavy (non-hydrogen) atoms. The van der Waals surface area contributed by atoms with Gasteiger partial charge in [-0.05, 0) is 60.6 Å². The Labute approximate surface area is 161 Å². The lowest BCUT2D eigenvalue weighted by molar-refractivity contribution is 0.417. The molecule has 3 N–H and O–H groups in total. The number of hydrogen-bond acceptors (Lipinski definition) is 2. The number of aromatic nitrogens is 1. The Bertz CT molecular complexity index is 910. The van der Waals surface area contributed by atoms with Gasteiger partial charge in [-0.25, -0.2) is 0 Å². The molecular formula is C18H17Cl2N3OS. The number of halogens is 2. The Morgan fingerprint density at radius 2 is 1.92 bits per heavy atom. The lowest BCUT2D eigenvalue weighted by atomic mass is 10.1. The van der Waals surface area contributed by atoms with Gasteiger partial charge in [-0.15, -0.1) is 0 Å². The first-order valence-corrected chi connectivity index (χ1v) is 8.87. The molecule has 1 aromatic heterocycles. The van der Waals surface area contributed by atoms with E-state index in [0.29, 0.717) is 22.4 Å². The summed E-state index contributed by atoms with van der Waals surface area (Å²) in [6.07, 6.45) is 2.81. The molecule has 4 nitrogen and oxygen atoms in total. The number of H-pyrrole nitrogens is 1. The predicted octanol–water partition coefficient (Wildman–Crippen LogP) is 5.01. The van der Waals surface area contributed by atoms with Crippen LogP contribution in [0.25, 0.3) is 10.9 Å². The largest absolute Gasteiger partial charge is 0.495 e. The van der Waals surface area contributed by atoms with E-state index in [9.17, 15) is 0 Å². The quantitative estimate of drug-likeness (QED) is 0.533. The Morgan fingerprint density at radius 3 is 2.72 bits per heavy atom. The van der Waals surface area contributed by atoms with Gasteiger partial charge in [-0.3, -0.25) is 0 Å². The van der Waals surface area contributed by atoms with Crippen molar-refractivity contribution in [1.29, 1.82) is 0 Å². The minimum atomic E-state index is 0.512. The van der Waals surface area contributed by atoms with E-state index in [2.05, 4.69) is 15.6 Å². The maximum Gasteiger partial charge on any atom is 0.170 e. The van der Waals surface area contributed by atoms with Crippen LogP contribution in [0, 0.1) is 0 Å². The van der Waals surface area contributed by atoms with Gasteiger partial charge in [0, 0.05) is 33.7 Å². The first-order valence-electron chi connectivity index (χ1n) is 7.70. The second-order valence-electron chi connectivity index (χ2n) is 5.48. The van der Waals surface area contributed by atoms with Crippen molar-refractivity contribution < 1.29 is 4.74 Å². The smallest absolute Gasteiger partial charge is 0.170 e. The standard InChI is InChI=1S/C18H17Cl2N3OS/c1-24-17-5-3-13(20)9-16(17)23-18(25)21-7-6-11-10-22-15-4-2-12(19)8-14(11)15/h2-5,8-10,22H,6-7H2,1H3,(H2,21,23,25). The normalized spacial score (nSPS) is 10.7. The number of rotatable bonds is 5. The Balaban J connectivity index is 1.59. The summed E-state index contributed by atoms with van der Waals surface area (Å²) in [6, 6.07) is 11.2. The summed E-state index contributed by atoms with van der Waals surface area (Å²) in [4.78, 5) is 3.25. The lowest BCUT2D eigenvalue weighted by Gasteiger charge is -2.13. The summed E-state index contributed by atoms with van der Waals surface area (Å²) in [5.41, 5.74) is 2.99. The summed E-state index contributed by atoms with van der Waals surface area (Å²) in [7, 11) is 1.60. The third-order valence-electron chi connectivity index (χ3n) is 3.82. The van der Waals surface area contributed by atoms with E-state index in [-0.39, 0.29) is 0 Å². The number of methoxy groups -OCH3 is 1. The van der Waals surface area contributed by atoms with Crippen LogP contribution in [0.3, 0.4) is 0 Å². The van der Waals surface area contributed by atoms with Crippen molar-refractivity contribution in [3.8, 4) is 5.75 Å². The molecule has 0 fully saturated rings. The zero-order chi connectivity index (χ0) is 17.8. The number of thiocarbonyl (C=S) groups is 1. The number of hydrogen-bond donors (Lipinski definition) is 3. The minimum absolute atomic E-state index is 0.512. The third-order valence-corrected chi connectivity index (χ3v) is 4.54. The average molecular weight is 394 g/mol. The fraction of sp³-hybridized carbons (Fsp3) is 0.167. The lowest BCUT2D eigenvalue weighted by Crippen LogP contribution is -2.30. The highest BCUT2D eigenvalue weighted by molar-refractivity contribution is 7.80. The summed E-state index contributed by atoms with van der Waals surface area (Å²) in [6.45, 7) is 0.689. The Morgan fingerprint density at radius 1 is 1.16 bits per heavy atom. The van der Waals surface area contributed by atoms with Crippen molar-refractivity contribution in [2.75, 3.05) is 19.0 Å². The topological polar surface area (TPSA) is 49.1 Å². The number of aromatic amines is 1. The van der Waals surface area contributed by atoms with Crippen LogP contribution in [0.15, 0.2) is 42.6 Å². The highest BCUT2D eigenvalue weighted by atomic mass is 35.5. The van der Waals surface area contributed by atoms with E-state index < -0.39 is 0 Å². The van der Waals surface area contributed by atoms with Crippen LogP contribution in [0.4, 0.5) is 5.69 Å². The van der Waals surface area contributed by atoms with Crippen LogP contribution in [0.5, 0.6) is 5.75 Å². The van der Waals surface area contributed by atoms with Gasteiger partial charge in [0.05, 0.1) is 12.8 Å². The van der Waals surface area contributed by atoms with Crippen molar-refractivity contribution in [2.45, 2.75) is 6.42 Å². The van der Waals surface area contributed by atoms with E-state index in [1.807, 2.05) is 24.4 Å². The van der Waals surface area contributed by atoms with Gasteiger partial charge >= 0.3 is 0 Å². The Kier molecular flexibility index (Phi) is 5.68. The van der Waals surface area contributed by atoms with Crippen molar-refractivity contribution >= 4 is 57.1 Å². The summed E-state index contributed by atoms with van der Waals surface area (Å²) < 4.78 is 5.30. The zero-order valence-corrected chi connectivity index (χ0v) is 15.9. The average Bonchev–Trinajstić information content (AvgIpc) is 2.97. The first-order chi connectivity index (χ1) is 12.1. The second-order valence-corrected chi connectivity index (χ2v) is 6.76. The molecule has 0 aliphatic heterocycles. The number of ether oxygens (including phenoxy) is 1.